The molecule has 0 aliphatic heterocycles. The van der Waals surface area contributed by atoms with Gasteiger partial charge in [-0.15, -0.1) is 26.3 Å². The number of unbranched alkanes of at least 4 members (excludes halogenated alkanes) is 1. The van der Waals surface area contributed by atoms with Crippen molar-refractivity contribution in [1.82, 2.24) is 5.43 Å². The third-order valence-electron chi connectivity index (χ3n) is 7.45. The lowest BCUT2D eigenvalue weighted by molar-refractivity contribution is 0.558. The monoisotopic (exact) mass is 846 g/mol. The first-order valence-electron chi connectivity index (χ1n) is 25.1. The second kappa shape index (κ2) is 87.7. The van der Waals surface area contributed by atoms with Gasteiger partial charge in [-0.3, -0.25) is 4.99 Å². The minimum Gasteiger partial charge on any atom is -0.308 e. The number of hydrogen-bond acceptors (Lipinski definition) is 3. The second-order valence-corrected chi connectivity index (χ2v) is 13.7. The van der Waals surface area contributed by atoms with Crippen LogP contribution in [0.25, 0.3) is 0 Å². The molecule has 1 aliphatic rings. The molecular formula is C57H119N3. The van der Waals surface area contributed by atoms with Gasteiger partial charge in [0.1, 0.15) is 0 Å². The van der Waals surface area contributed by atoms with Crippen LogP contribution in [0.2, 0.25) is 0 Å². The maximum atomic E-state index is 4.06. The van der Waals surface area contributed by atoms with E-state index in [1.54, 1.807) is 29.0 Å². The van der Waals surface area contributed by atoms with Crippen LogP contribution in [-0.4, -0.2) is 18.5 Å². The topological polar surface area (TPSA) is 36.8 Å². The van der Waals surface area contributed by atoms with E-state index in [-0.39, 0.29) is 0 Å². The summed E-state index contributed by atoms with van der Waals surface area (Å²) in [5.41, 5.74) is 7.91. The zero-order valence-corrected chi connectivity index (χ0v) is 46.0. The Morgan fingerprint density at radius 1 is 0.733 bits per heavy atom. The van der Waals surface area contributed by atoms with Gasteiger partial charge in [0.2, 0.25) is 0 Å². The quantitative estimate of drug-likeness (QED) is 0.0634. The van der Waals surface area contributed by atoms with Gasteiger partial charge in [-0.05, 0) is 94.1 Å². The molecule has 0 fully saturated rings. The first-order chi connectivity index (χ1) is 28.9. The summed E-state index contributed by atoms with van der Waals surface area (Å²) in [7, 11) is 0. The lowest BCUT2D eigenvalue weighted by atomic mass is 9.82. The number of rotatable bonds is 18. The van der Waals surface area contributed by atoms with E-state index in [1.807, 2.05) is 53.8 Å². The maximum absolute atomic E-state index is 4.06. The zero-order valence-electron chi connectivity index (χ0n) is 46.0. The van der Waals surface area contributed by atoms with E-state index < -0.39 is 0 Å². The van der Waals surface area contributed by atoms with Gasteiger partial charge in [-0.2, -0.15) is 5.10 Å². The zero-order chi connectivity index (χ0) is 49.4. The molecule has 60 heavy (non-hydrogen) atoms. The number of hydrogen-bond donors (Lipinski definition) is 1. The van der Waals surface area contributed by atoms with Crippen LogP contribution >= 0.6 is 0 Å². The molecule has 3 nitrogen and oxygen atoms in total. The van der Waals surface area contributed by atoms with Gasteiger partial charge >= 0.3 is 0 Å². The minimum atomic E-state index is 0.481. The van der Waals surface area contributed by atoms with E-state index in [0.717, 1.165) is 43.4 Å². The van der Waals surface area contributed by atoms with Crippen molar-refractivity contribution in [3.8, 4) is 0 Å². The molecule has 0 heterocycles. The van der Waals surface area contributed by atoms with Crippen LogP contribution in [0.3, 0.4) is 0 Å². The Hall–Kier alpha value is -2.68. The summed E-state index contributed by atoms with van der Waals surface area (Å²) >= 11 is 0. The highest BCUT2D eigenvalue weighted by molar-refractivity contribution is 5.59. The van der Waals surface area contributed by atoms with Crippen LogP contribution < -0.4 is 5.43 Å². The Kier molecular flexibility index (Phi) is 119. The Labute approximate surface area is 385 Å². The minimum absolute atomic E-state index is 0.481. The molecule has 4 unspecified atom stereocenters. The molecule has 0 radical (unpaired) electrons. The third kappa shape index (κ3) is 83.1. The molecule has 3 heteroatoms. The number of allylic oxidation sites excluding steroid dienone is 8. The molecule has 0 saturated carbocycles. The highest BCUT2D eigenvalue weighted by atomic mass is 15.3. The lowest BCUT2D eigenvalue weighted by Gasteiger charge is -2.23. The van der Waals surface area contributed by atoms with E-state index in [0.29, 0.717) is 6.04 Å². The average Bonchev–Trinajstić information content (AvgIpc) is 3.27. The van der Waals surface area contributed by atoms with E-state index in [2.05, 4.69) is 177 Å². The maximum Gasteiger partial charge on any atom is 0.0409 e. The van der Waals surface area contributed by atoms with Gasteiger partial charge in [0.05, 0.1) is 0 Å². The van der Waals surface area contributed by atoms with Gasteiger partial charge in [-0.1, -0.05) is 220 Å². The van der Waals surface area contributed by atoms with Crippen LogP contribution in [0.1, 0.15) is 249 Å². The van der Waals surface area contributed by atoms with Crippen molar-refractivity contribution in [1.29, 1.82) is 0 Å². The normalized spacial score (nSPS) is 13.2. The molecule has 362 valence electrons. The van der Waals surface area contributed by atoms with Crippen molar-refractivity contribution in [2.24, 2.45) is 27.8 Å². The summed E-state index contributed by atoms with van der Waals surface area (Å²) in [4.78, 5) is 3.73. The molecule has 0 aromatic rings. The molecule has 0 saturated heterocycles. The Balaban J connectivity index is -0.0000000625. The van der Waals surface area contributed by atoms with Gasteiger partial charge in [0.15, 0.2) is 0 Å². The second-order valence-electron chi connectivity index (χ2n) is 13.7. The van der Waals surface area contributed by atoms with Gasteiger partial charge < -0.3 is 5.43 Å². The van der Waals surface area contributed by atoms with Crippen molar-refractivity contribution in [3.05, 3.63) is 86.2 Å². The van der Waals surface area contributed by atoms with Gasteiger partial charge in [0.25, 0.3) is 0 Å². The van der Waals surface area contributed by atoms with Gasteiger partial charge in [0, 0.05) is 31.1 Å². The van der Waals surface area contributed by atoms with Crippen molar-refractivity contribution < 1.29 is 0 Å². The average molecular weight is 847 g/mol. The predicted octanol–water partition coefficient (Wildman–Crippen LogP) is 21.1. The van der Waals surface area contributed by atoms with Crippen LogP contribution in [-0.2, 0) is 0 Å². The highest BCUT2D eigenvalue weighted by Crippen LogP contribution is 2.32. The molecule has 1 N–H and O–H groups in total. The molecule has 0 spiro atoms. The van der Waals surface area contributed by atoms with Gasteiger partial charge in [-0.25, -0.2) is 0 Å². The van der Waals surface area contributed by atoms with Crippen molar-refractivity contribution >= 4 is 12.4 Å². The Morgan fingerprint density at radius 3 is 1.57 bits per heavy atom. The SMILES string of the molecule is C/C=C(/CCC)C(C)CCC.C=C.C=CCC/C=N\NC(C)CC.C=CCC=NC=C.CC.CC.CC.CCC.CCC.CCC.CCCC(C)C1=CCC(C)C=C1CC. The summed E-state index contributed by atoms with van der Waals surface area (Å²) in [5, 5.41) is 4.06. The molecule has 0 amide bonds. The van der Waals surface area contributed by atoms with Crippen LogP contribution in [0.5, 0.6) is 0 Å². The first-order valence-corrected chi connectivity index (χ1v) is 25.1. The van der Waals surface area contributed by atoms with E-state index in [4.69, 9.17) is 0 Å². The largest absolute Gasteiger partial charge is 0.308 e. The summed E-state index contributed by atoms with van der Waals surface area (Å²) in [5.74, 6) is 2.33. The molecular weight excluding hydrogens is 727 g/mol. The number of nitrogens with one attached hydrogen (secondary N) is 1. The predicted molar refractivity (Wildman–Crippen MR) is 295 cm³/mol. The standard InChI is InChI=1S/C14H24.C11H22.C9H18N2.C6H9N.3C3H8.3C2H6.C2H4/c1-5-7-12(4)14-9-8-11(3)10-13(14)6-2;1-5-8-10(4)11(7-3)9-6-2;1-4-6-7-8-10-11-9(3)5-2;1-3-5-6-7-4-2;3*1-3-2;4*1-2/h9-12H,5-8H2,1-4H3;7,10H,5-6,8-9H2,1-4H3;4,8-9,11H,1,5-7H2,2-3H3;3-4,6H,1-2,5H2;3*3H2,1-2H3;3*1-2H3;1-2H2/b;11-7-;10-8-;;;;;;;;. The van der Waals surface area contributed by atoms with Crippen LogP contribution in [0.4, 0.5) is 0 Å². The van der Waals surface area contributed by atoms with Crippen LogP contribution in [0.15, 0.2) is 96.3 Å². The summed E-state index contributed by atoms with van der Waals surface area (Å²) in [6.45, 7) is 63.8. The molecule has 0 aromatic carbocycles. The number of hydrazone groups is 1. The smallest absolute Gasteiger partial charge is 0.0409 e. The van der Waals surface area contributed by atoms with Crippen molar-refractivity contribution in [3.63, 3.8) is 0 Å². The highest BCUT2D eigenvalue weighted by Gasteiger charge is 2.16. The molecule has 1 rings (SSSR count). The Morgan fingerprint density at radius 2 is 1.22 bits per heavy atom. The fraction of sp³-hybridized carbons (Fsp3) is 0.719. The number of aliphatic imine (C=N–C) groups is 1. The van der Waals surface area contributed by atoms with Crippen molar-refractivity contribution in [2.45, 2.75) is 255 Å². The van der Waals surface area contributed by atoms with Crippen molar-refractivity contribution in [2.75, 3.05) is 0 Å². The fourth-order valence-corrected chi connectivity index (χ4v) is 4.70. The van der Waals surface area contributed by atoms with E-state index in [9.17, 15) is 0 Å². The summed E-state index contributed by atoms with van der Waals surface area (Å²) in [6.07, 6.45) is 34.0. The fourth-order valence-electron chi connectivity index (χ4n) is 4.70. The lowest BCUT2D eigenvalue weighted by Crippen LogP contribution is -2.18. The molecule has 4 atom stereocenters. The third-order valence-corrected chi connectivity index (χ3v) is 7.45. The summed E-state index contributed by atoms with van der Waals surface area (Å²) in [6, 6.07) is 0.481. The Bertz CT molecular complexity index is 869. The molecule has 1 aliphatic carbocycles. The van der Waals surface area contributed by atoms with E-state index >= 15 is 0 Å². The summed E-state index contributed by atoms with van der Waals surface area (Å²) < 4.78 is 0. The first kappa shape index (κ1) is 81.2. The van der Waals surface area contributed by atoms with Crippen LogP contribution in [0, 0.1) is 17.8 Å². The molecule has 0 aromatic heterocycles. The van der Waals surface area contributed by atoms with E-state index in [1.165, 1.54) is 76.8 Å². The number of nitrogens with zero attached hydrogens (tertiary/aromatic N) is 2. The molecule has 0 bridgehead atoms.